The third-order valence-corrected chi connectivity index (χ3v) is 3.29. The van der Waals surface area contributed by atoms with Crippen molar-refractivity contribution in [2.45, 2.75) is 13.0 Å². The largest absolute Gasteiger partial charge is 0.459 e. The zero-order valence-corrected chi connectivity index (χ0v) is 10.3. The van der Waals surface area contributed by atoms with Gasteiger partial charge in [-0.3, -0.25) is 14.5 Å². The Hall–Kier alpha value is -1.82. The first-order chi connectivity index (χ1) is 8.59. The molecule has 6 heteroatoms. The smallest absolute Gasteiger partial charge is 0.289 e. The van der Waals surface area contributed by atoms with Gasteiger partial charge in [0.2, 0.25) is 5.91 Å². The predicted octanol–water partition coefficient (Wildman–Crippen LogP) is -0.0888. The van der Waals surface area contributed by atoms with Crippen LogP contribution < -0.4 is 5.73 Å². The fraction of sp³-hybridized carbons (Fsp3) is 0.500. The number of carbonyl (C=O) groups is 2. The summed E-state index contributed by atoms with van der Waals surface area (Å²) in [4.78, 5) is 26.8. The highest BCUT2D eigenvalue weighted by Crippen LogP contribution is 2.11. The second kappa shape index (κ2) is 5.22. The van der Waals surface area contributed by atoms with Crippen LogP contribution in [0.25, 0.3) is 0 Å². The number of rotatable bonds is 3. The topological polar surface area (TPSA) is 79.8 Å². The number of hydrogen-bond acceptors (Lipinski definition) is 4. The molecular weight excluding hydrogens is 234 g/mol. The first-order valence-corrected chi connectivity index (χ1v) is 5.95. The lowest BCUT2D eigenvalue weighted by molar-refractivity contribution is -0.123. The van der Waals surface area contributed by atoms with Crippen LogP contribution in [0.15, 0.2) is 22.8 Å². The molecule has 0 aromatic carbocycles. The van der Waals surface area contributed by atoms with E-state index < -0.39 is 0 Å². The van der Waals surface area contributed by atoms with E-state index in [4.69, 9.17) is 10.2 Å². The van der Waals surface area contributed by atoms with Crippen molar-refractivity contribution in [3.8, 4) is 0 Å². The minimum Gasteiger partial charge on any atom is -0.459 e. The van der Waals surface area contributed by atoms with E-state index in [1.54, 1.807) is 24.0 Å². The van der Waals surface area contributed by atoms with Gasteiger partial charge in [-0.1, -0.05) is 0 Å². The van der Waals surface area contributed by atoms with Gasteiger partial charge in [-0.2, -0.15) is 0 Å². The lowest BCUT2D eigenvalue weighted by Gasteiger charge is -2.36. The molecule has 1 aliphatic rings. The Morgan fingerprint density at radius 2 is 2.00 bits per heavy atom. The van der Waals surface area contributed by atoms with E-state index in [1.165, 1.54) is 6.26 Å². The molecular formula is C12H17N3O3. The van der Waals surface area contributed by atoms with Gasteiger partial charge in [0.1, 0.15) is 0 Å². The molecule has 6 nitrogen and oxygen atoms in total. The zero-order chi connectivity index (χ0) is 13.1. The third kappa shape index (κ3) is 2.53. The molecule has 2 N–H and O–H groups in total. The van der Waals surface area contributed by atoms with Gasteiger partial charge in [-0.25, -0.2) is 0 Å². The summed E-state index contributed by atoms with van der Waals surface area (Å²) in [5, 5.41) is 0. The molecule has 0 aliphatic carbocycles. The molecule has 1 aromatic heterocycles. The van der Waals surface area contributed by atoms with Crippen LogP contribution in [-0.4, -0.2) is 53.8 Å². The molecule has 2 amide bonds. The predicted molar refractivity (Wildman–Crippen MR) is 64.8 cm³/mol. The molecule has 1 aliphatic heterocycles. The molecule has 2 heterocycles. The first-order valence-electron chi connectivity index (χ1n) is 5.95. The van der Waals surface area contributed by atoms with Crippen molar-refractivity contribution < 1.29 is 14.0 Å². The van der Waals surface area contributed by atoms with E-state index in [2.05, 4.69) is 0 Å². The second-order valence-corrected chi connectivity index (χ2v) is 4.38. The van der Waals surface area contributed by atoms with Gasteiger partial charge in [0, 0.05) is 26.2 Å². The summed E-state index contributed by atoms with van der Waals surface area (Å²) >= 11 is 0. The normalized spacial score (nSPS) is 18.6. The van der Waals surface area contributed by atoms with E-state index >= 15 is 0 Å². The SMILES string of the molecule is C[C@@H](C(N)=O)N1CCN(C(=O)c2ccco2)CC1. The van der Waals surface area contributed by atoms with Gasteiger partial charge in [0.25, 0.3) is 5.91 Å². The number of nitrogens with zero attached hydrogens (tertiary/aromatic N) is 2. The summed E-state index contributed by atoms with van der Waals surface area (Å²) in [5.74, 6) is -0.0846. The maximum Gasteiger partial charge on any atom is 0.289 e. The fourth-order valence-corrected chi connectivity index (χ4v) is 2.05. The lowest BCUT2D eigenvalue weighted by atomic mass is 10.2. The van der Waals surface area contributed by atoms with Crippen molar-refractivity contribution in [1.82, 2.24) is 9.80 Å². The van der Waals surface area contributed by atoms with Crippen molar-refractivity contribution in [2.75, 3.05) is 26.2 Å². The van der Waals surface area contributed by atoms with E-state index in [-0.39, 0.29) is 17.9 Å². The van der Waals surface area contributed by atoms with Crippen LogP contribution in [0.3, 0.4) is 0 Å². The maximum absolute atomic E-state index is 12.0. The number of furan rings is 1. The molecule has 0 saturated carbocycles. The van der Waals surface area contributed by atoms with Gasteiger partial charge in [0.05, 0.1) is 12.3 Å². The molecule has 0 unspecified atom stereocenters. The van der Waals surface area contributed by atoms with Gasteiger partial charge in [0.15, 0.2) is 5.76 Å². The number of nitrogens with two attached hydrogens (primary N) is 1. The molecule has 0 radical (unpaired) electrons. The Morgan fingerprint density at radius 1 is 1.33 bits per heavy atom. The van der Waals surface area contributed by atoms with Gasteiger partial charge < -0.3 is 15.1 Å². The average Bonchev–Trinajstić information content (AvgIpc) is 2.91. The standard InChI is InChI=1S/C12H17N3O3/c1-9(11(13)16)14-4-6-15(7-5-14)12(17)10-3-2-8-18-10/h2-3,8-9H,4-7H2,1H3,(H2,13,16)/t9-/m0/s1. The summed E-state index contributed by atoms with van der Waals surface area (Å²) in [6, 6.07) is 3.06. The van der Waals surface area contributed by atoms with Gasteiger partial charge in [-0.05, 0) is 19.1 Å². The number of primary amides is 1. The van der Waals surface area contributed by atoms with Crippen LogP contribution in [0.4, 0.5) is 0 Å². The van der Waals surface area contributed by atoms with Crippen LogP contribution in [0.5, 0.6) is 0 Å². The average molecular weight is 251 g/mol. The third-order valence-electron chi connectivity index (χ3n) is 3.29. The van der Waals surface area contributed by atoms with Crippen molar-refractivity contribution in [1.29, 1.82) is 0 Å². The molecule has 98 valence electrons. The molecule has 18 heavy (non-hydrogen) atoms. The van der Waals surface area contributed by atoms with Crippen LogP contribution in [-0.2, 0) is 4.79 Å². The van der Waals surface area contributed by atoms with Crippen LogP contribution in [0.1, 0.15) is 17.5 Å². The number of carbonyl (C=O) groups excluding carboxylic acids is 2. The second-order valence-electron chi connectivity index (χ2n) is 4.38. The van der Waals surface area contributed by atoms with E-state index in [0.29, 0.717) is 31.9 Å². The highest BCUT2D eigenvalue weighted by Gasteiger charge is 2.27. The van der Waals surface area contributed by atoms with Crippen molar-refractivity contribution >= 4 is 11.8 Å². The van der Waals surface area contributed by atoms with Gasteiger partial charge in [-0.15, -0.1) is 0 Å². The zero-order valence-electron chi connectivity index (χ0n) is 10.3. The van der Waals surface area contributed by atoms with Gasteiger partial charge >= 0.3 is 0 Å². The Kier molecular flexibility index (Phi) is 3.66. The summed E-state index contributed by atoms with van der Waals surface area (Å²) in [6.07, 6.45) is 1.48. The molecule has 0 bridgehead atoms. The quantitative estimate of drug-likeness (QED) is 0.814. The highest BCUT2D eigenvalue weighted by atomic mass is 16.3. The molecule has 2 rings (SSSR count). The summed E-state index contributed by atoms with van der Waals surface area (Å²) in [5.41, 5.74) is 5.26. The highest BCUT2D eigenvalue weighted by molar-refractivity contribution is 5.91. The van der Waals surface area contributed by atoms with Crippen LogP contribution >= 0.6 is 0 Å². The Bertz CT molecular complexity index is 422. The minimum atomic E-state index is -0.333. The Morgan fingerprint density at radius 3 is 2.50 bits per heavy atom. The maximum atomic E-state index is 12.0. The molecule has 1 fully saturated rings. The summed E-state index contributed by atoms with van der Waals surface area (Å²) in [6.45, 7) is 4.24. The Balaban J connectivity index is 1.91. The van der Waals surface area contributed by atoms with E-state index in [0.717, 1.165) is 0 Å². The van der Waals surface area contributed by atoms with Crippen molar-refractivity contribution in [3.05, 3.63) is 24.2 Å². The number of piperazine rings is 1. The Labute approximate surface area is 105 Å². The molecule has 1 saturated heterocycles. The minimum absolute atomic E-state index is 0.105. The van der Waals surface area contributed by atoms with Crippen LogP contribution in [0.2, 0.25) is 0 Å². The molecule has 1 atom stereocenters. The van der Waals surface area contributed by atoms with E-state index in [9.17, 15) is 9.59 Å². The first kappa shape index (κ1) is 12.6. The number of amides is 2. The van der Waals surface area contributed by atoms with E-state index in [1.807, 2.05) is 4.90 Å². The lowest BCUT2D eigenvalue weighted by Crippen LogP contribution is -2.54. The van der Waals surface area contributed by atoms with Crippen molar-refractivity contribution in [2.24, 2.45) is 5.73 Å². The monoisotopic (exact) mass is 251 g/mol. The van der Waals surface area contributed by atoms with Crippen LogP contribution in [0, 0.1) is 0 Å². The molecule has 0 spiro atoms. The fourth-order valence-electron chi connectivity index (χ4n) is 2.05. The number of hydrogen-bond donors (Lipinski definition) is 1. The van der Waals surface area contributed by atoms with Crippen molar-refractivity contribution in [3.63, 3.8) is 0 Å². The summed E-state index contributed by atoms with van der Waals surface area (Å²) < 4.78 is 5.08. The summed E-state index contributed by atoms with van der Waals surface area (Å²) in [7, 11) is 0. The molecule has 1 aromatic rings.